The van der Waals surface area contributed by atoms with Crippen LogP contribution in [0.4, 0.5) is 5.82 Å². The van der Waals surface area contributed by atoms with Crippen molar-refractivity contribution in [3.05, 3.63) is 44.6 Å². The zero-order valence-electron chi connectivity index (χ0n) is 17.5. The normalized spacial score (nSPS) is 11.9. The van der Waals surface area contributed by atoms with Crippen LogP contribution in [-0.4, -0.2) is 44.6 Å². The van der Waals surface area contributed by atoms with Crippen molar-refractivity contribution in [3.8, 4) is 23.0 Å². The highest BCUT2D eigenvalue weighted by atomic mass is 32.2. The molecular formula is C19H21N5O6S. The highest BCUT2D eigenvalue weighted by Gasteiger charge is 2.27. The van der Waals surface area contributed by atoms with Crippen molar-refractivity contribution in [2.24, 2.45) is 14.1 Å². The number of anilines is 1. The van der Waals surface area contributed by atoms with Gasteiger partial charge in [-0.1, -0.05) is 11.8 Å². The van der Waals surface area contributed by atoms with E-state index in [-0.39, 0.29) is 22.5 Å². The Kier molecular flexibility index (Phi) is 6.20. The second kappa shape index (κ2) is 8.68. The highest BCUT2D eigenvalue weighted by Crippen LogP contribution is 2.33. The smallest absolute Gasteiger partial charge is 0.332 e. The van der Waals surface area contributed by atoms with Gasteiger partial charge in [0.25, 0.3) is 10.8 Å². The first-order chi connectivity index (χ1) is 14.7. The number of Topliss-reactive ketones (excluding diaryl/α,β-unsaturated/α-hetero) is 1. The molecule has 2 aromatic heterocycles. The van der Waals surface area contributed by atoms with E-state index >= 15 is 0 Å². The molecule has 0 saturated carbocycles. The molecule has 1 aromatic carbocycles. The number of nitrogens with two attached hydrogens (primary N) is 1. The molecule has 0 aliphatic carbocycles. The number of thioether (sulfide) groups is 1. The summed E-state index contributed by atoms with van der Waals surface area (Å²) in [4.78, 5) is 37.3. The van der Waals surface area contributed by atoms with Crippen molar-refractivity contribution in [1.29, 1.82) is 0 Å². The van der Waals surface area contributed by atoms with Crippen LogP contribution in [0.15, 0.2) is 37.4 Å². The second-order valence-electron chi connectivity index (χ2n) is 6.53. The Hall–Kier alpha value is -3.54. The number of methoxy groups -OCH3 is 2. The number of nitrogen functional groups attached to an aromatic ring is 1. The Morgan fingerprint density at radius 2 is 1.81 bits per heavy atom. The molecule has 0 bridgehead atoms. The van der Waals surface area contributed by atoms with Crippen LogP contribution >= 0.6 is 11.8 Å². The van der Waals surface area contributed by atoms with E-state index in [0.29, 0.717) is 17.1 Å². The van der Waals surface area contributed by atoms with Crippen LogP contribution in [-0.2, 0) is 14.1 Å². The average molecular weight is 447 g/mol. The standard InChI is InChI=1S/C19H21N5O6S/c1-9(14(25)13-15(20)23(2)19(27)24(3)17(13)26)31-18-22-21-16(30-18)10-6-7-11(28-4)12(8-10)29-5/h6-9H,20H2,1-5H3/t9-/m1/s1. The van der Waals surface area contributed by atoms with Crippen LogP contribution in [0.5, 0.6) is 11.5 Å². The second-order valence-corrected chi connectivity index (χ2v) is 7.83. The van der Waals surface area contributed by atoms with Crippen molar-refractivity contribution in [2.75, 3.05) is 20.0 Å². The van der Waals surface area contributed by atoms with Gasteiger partial charge in [0.1, 0.15) is 11.4 Å². The first-order valence-electron chi connectivity index (χ1n) is 9.01. The van der Waals surface area contributed by atoms with Crippen LogP contribution in [0.25, 0.3) is 11.5 Å². The van der Waals surface area contributed by atoms with Crippen molar-refractivity contribution in [3.63, 3.8) is 0 Å². The lowest BCUT2D eigenvalue weighted by molar-refractivity contribution is 0.0991. The van der Waals surface area contributed by atoms with Gasteiger partial charge in [-0.05, 0) is 25.1 Å². The number of hydrogen-bond donors (Lipinski definition) is 1. The van der Waals surface area contributed by atoms with Crippen molar-refractivity contribution in [1.82, 2.24) is 19.3 Å². The molecule has 0 aliphatic rings. The number of hydrogen-bond acceptors (Lipinski definition) is 10. The molecule has 0 saturated heterocycles. The largest absolute Gasteiger partial charge is 0.493 e. The molecule has 3 rings (SSSR count). The lowest BCUT2D eigenvalue weighted by Crippen LogP contribution is -2.42. The number of benzene rings is 1. The molecule has 31 heavy (non-hydrogen) atoms. The first kappa shape index (κ1) is 22.2. The zero-order chi connectivity index (χ0) is 22.9. The Bertz CT molecular complexity index is 1260. The van der Waals surface area contributed by atoms with Crippen molar-refractivity contribution < 1.29 is 18.7 Å². The lowest BCUT2D eigenvalue weighted by Gasteiger charge is -2.13. The van der Waals surface area contributed by atoms with Crippen molar-refractivity contribution in [2.45, 2.75) is 17.4 Å². The molecule has 0 radical (unpaired) electrons. The molecule has 2 N–H and O–H groups in total. The maximum Gasteiger partial charge on any atom is 0.332 e. The topological polar surface area (TPSA) is 144 Å². The fourth-order valence-corrected chi connectivity index (χ4v) is 3.59. The summed E-state index contributed by atoms with van der Waals surface area (Å²) in [5.74, 6) is 0.528. The third-order valence-corrected chi connectivity index (χ3v) is 5.57. The monoisotopic (exact) mass is 447 g/mol. The number of aromatic nitrogens is 4. The molecule has 0 spiro atoms. The number of rotatable bonds is 7. The molecule has 164 valence electrons. The Morgan fingerprint density at radius 3 is 2.45 bits per heavy atom. The highest BCUT2D eigenvalue weighted by molar-refractivity contribution is 8.00. The van der Waals surface area contributed by atoms with E-state index in [1.807, 2.05) is 0 Å². The van der Waals surface area contributed by atoms with Crippen LogP contribution in [0.3, 0.4) is 0 Å². The molecule has 0 unspecified atom stereocenters. The van der Waals surface area contributed by atoms with E-state index in [1.54, 1.807) is 25.1 Å². The van der Waals surface area contributed by atoms with E-state index in [4.69, 9.17) is 19.6 Å². The van der Waals surface area contributed by atoms with Gasteiger partial charge >= 0.3 is 5.69 Å². The molecule has 12 heteroatoms. The molecule has 0 aliphatic heterocycles. The summed E-state index contributed by atoms with van der Waals surface area (Å²) in [6.07, 6.45) is 0. The summed E-state index contributed by atoms with van der Waals surface area (Å²) in [6, 6.07) is 5.12. The minimum atomic E-state index is -0.772. The van der Waals surface area contributed by atoms with Gasteiger partial charge in [0, 0.05) is 19.7 Å². The van der Waals surface area contributed by atoms with E-state index < -0.39 is 22.3 Å². The van der Waals surface area contributed by atoms with Gasteiger partial charge in [-0.15, -0.1) is 10.2 Å². The van der Waals surface area contributed by atoms with Gasteiger partial charge in [-0.2, -0.15) is 0 Å². The minimum absolute atomic E-state index is 0.130. The zero-order valence-corrected chi connectivity index (χ0v) is 18.3. The summed E-state index contributed by atoms with van der Waals surface area (Å²) in [6.45, 7) is 1.58. The van der Waals surface area contributed by atoms with E-state index in [1.165, 1.54) is 28.3 Å². The quantitative estimate of drug-likeness (QED) is 0.413. The Balaban J connectivity index is 1.86. The number of carbonyl (C=O) groups excluding carboxylic acids is 1. The fourth-order valence-electron chi connectivity index (χ4n) is 2.84. The maximum atomic E-state index is 12.9. The molecule has 0 amide bonds. The van der Waals surface area contributed by atoms with Crippen LogP contribution in [0.2, 0.25) is 0 Å². The molecule has 0 fully saturated rings. The summed E-state index contributed by atoms with van der Waals surface area (Å²) in [7, 11) is 5.71. The summed E-state index contributed by atoms with van der Waals surface area (Å²) in [5, 5.41) is 7.31. The first-order valence-corrected chi connectivity index (χ1v) is 9.89. The number of ketones is 1. The van der Waals surface area contributed by atoms with Crippen LogP contribution < -0.4 is 26.5 Å². The fraction of sp³-hybridized carbons (Fsp3) is 0.316. The number of carbonyl (C=O) groups is 1. The summed E-state index contributed by atoms with van der Waals surface area (Å²) >= 11 is 0.976. The van der Waals surface area contributed by atoms with Gasteiger partial charge in [-0.25, -0.2) is 4.79 Å². The maximum absolute atomic E-state index is 12.9. The SMILES string of the molecule is COc1ccc(-c2nnc(S[C@H](C)C(=O)c3c(N)n(C)c(=O)n(C)c3=O)o2)cc1OC. The lowest BCUT2D eigenvalue weighted by atomic mass is 10.1. The predicted molar refractivity (Wildman–Crippen MR) is 114 cm³/mol. The van der Waals surface area contributed by atoms with Crippen molar-refractivity contribution >= 4 is 23.4 Å². The molecular weight excluding hydrogens is 426 g/mol. The summed E-state index contributed by atoms with van der Waals surface area (Å²) in [5.41, 5.74) is 4.84. The van der Waals surface area contributed by atoms with E-state index in [9.17, 15) is 14.4 Å². The molecule has 11 nitrogen and oxygen atoms in total. The van der Waals surface area contributed by atoms with Gasteiger partial charge in [0.15, 0.2) is 17.3 Å². The van der Waals surface area contributed by atoms with Crippen LogP contribution in [0, 0.1) is 0 Å². The Labute approximate surface area is 180 Å². The molecule has 2 heterocycles. The van der Waals surface area contributed by atoms with E-state index in [2.05, 4.69) is 10.2 Å². The van der Waals surface area contributed by atoms with E-state index in [0.717, 1.165) is 20.9 Å². The van der Waals surface area contributed by atoms with Gasteiger partial charge in [-0.3, -0.25) is 18.7 Å². The molecule has 1 atom stereocenters. The molecule has 3 aromatic rings. The average Bonchev–Trinajstić information content (AvgIpc) is 3.24. The van der Waals surface area contributed by atoms with Gasteiger partial charge in [0.2, 0.25) is 5.89 Å². The predicted octanol–water partition coefficient (Wildman–Crippen LogP) is 1.10. The van der Waals surface area contributed by atoms with Gasteiger partial charge in [0.05, 0.1) is 19.5 Å². The summed E-state index contributed by atoms with van der Waals surface area (Å²) < 4.78 is 18.0. The third-order valence-electron chi connectivity index (χ3n) is 4.64. The Morgan fingerprint density at radius 1 is 1.13 bits per heavy atom. The van der Waals surface area contributed by atoms with Crippen LogP contribution in [0.1, 0.15) is 17.3 Å². The van der Waals surface area contributed by atoms with Gasteiger partial charge < -0.3 is 19.6 Å². The number of nitrogens with zero attached hydrogens (tertiary/aromatic N) is 4. The third kappa shape index (κ3) is 4.06. The minimum Gasteiger partial charge on any atom is -0.493 e. The number of ether oxygens (including phenoxy) is 2.